The van der Waals surface area contributed by atoms with Crippen molar-refractivity contribution < 1.29 is 22.7 Å². The molecule has 1 heterocycles. The molecular weight excluding hydrogens is 229 g/mol. The highest BCUT2D eigenvalue weighted by Crippen LogP contribution is 2.17. The molecule has 0 bridgehead atoms. The minimum atomic E-state index is -4.38. The molecule has 0 radical (unpaired) electrons. The summed E-state index contributed by atoms with van der Waals surface area (Å²) in [6.45, 7) is -0.180. The summed E-state index contributed by atoms with van der Waals surface area (Å²) in [6, 6.07) is 1.58. The number of halogens is 3. The topological polar surface area (TPSA) is 26.3 Å². The molecule has 0 aliphatic heterocycles. The van der Waals surface area contributed by atoms with E-state index in [0.717, 1.165) is 4.88 Å². The highest BCUT2D eigenvalue weighted by atomic mass is 32.1. The van der Waals surface area contributed by atoms with Crippen LogP contribution < -0.4 is 0 Å². The van der Waals surface area contributed by atoms with Crippen LogP contribution in [-0.2, 0) is 4.74 Å². The Morgan fingerprint density at radius 1 is 1.53 bits per heavy atom. The molecule has 1 aromatic rings. The van der Waals surface area contributed by atoms with Crippen LogP contribution in [0.25, 0.3) is 0 Å². The lowest BCUT2D eigenvalue weighted by Gasteiger charge is -2.06. The van der Waals surface area contributed by atoms with Crippen LogP contribution in [0.3, 0.4) is 0 Å². The second kappa shape index (κ2) is 4.76. The van der Waals surface area contributed by atoms with Crippen molar-refractivity contribution in [2.45, 2.75) is 13.1 Å². The molecule has 0 aliphatic carbocycles. The van der Waals surface area contributed by atoms with Crippen LogP contribution >= 0.6 is 11.3 Å². The Morgan fingerprint density at radius 2 is 2.20 bits per heavy atom. The average Bonchev–Trinajstić information content (AvgIpc) is 2.48. The van der Waals surface area contributed by atoms with Crippen LogP contribution in [0.4, 0.5) is 13.2 Å². The molecule has 0 spiro atoms. The minimum Gasteiger partial charge on any atom is -0.364 e. The van der Waals surface area contributed by atoms with Gasteiger partial charge in [0, 0.05) is 10.4 Å². The number of ketones is 1. The molecule has 1 rings (SSSR count). The number of hydrogen-bond acceptors (Lipinski definition) is 3. The van der Waals surface area contributed by atoms with E-state index in [1.165, 1.54) is 11.3 Å². The van der Waals surface area contributed by atoms with Crippen molar-refractivity contribution in [1.29, 1.82) is 0 Å². The maximum absolute atomic E-state index is 11.7. The van der Waals surface area contributed by atoms with Crippen LogP contribution in [-0.4, -0.2) is 25.2 Å². The first kappa shape index (κ1) is 12.2. The van der Waals surface area contributed by atoms with Crippen LogP contribution in [0.15, 0.2) is 11.4 Å². The summed E-state index contributed by atoms with van der Waals surface area (Å²) in [5.74, 6) is -0.419. The van der Waals surface area contributed by atoms with Gasteiger partial charge in [0.2, 0.25) is 0 Å². The van der Waals surface area contributed by atoms with E-state index in [4.69, 9.17) is 0 Å². The first-order valence-electron chi connectivity index (χ1n) is 4.12. The number of ether oxygens (including phenoxy) is 1. The van der Waals surface area contributed by atoms with Crippen LogP contribution in [0.5, 0.6) is 0 Å². The Hall–Kier alpha value is -0.880. The SMILES string of the molecule is Cc1sccc1C(=O)COCC(F)(F)F. The Kier molecular flexibility index (Phi) is 3.87. The zero-order valence-corrected chi connectivity index (χ0v) is 8.74. The van der Waals surface area contributed by atoms with Crippen LogP contribution in [0, 0.1) is 6.92 Å². The predicted molar refractivity (Wildman–Crippen MR) is 50.3 cm³/mol. The van der Waals surface area contributed by atoms with E-state index >= 15 is 0 Å². The fourth-order valence-electron chi connectivity index (χ4n) is 1.01. The third-order valence-corrected chi connectivity index (χ3v) is 2.50. The van der Waals surface area contributed by atoms with Gasteiger partial charge in [-0.15, -0.1) is 11.3 Å². The third kappa shape index (κ3) is 4.01. The molecule has 0 aromatic carbocycles. The number of hydrogen-bond donors (Lipinski definition) is 0. The Bertz CT molecular complexity index is 343. The number of rotatable bonds is 4. The highest BCUT2D eigenvalue weighted by Gasteiger charge is 2.27. The number of thiophene rings is 1. The number of carbonyl (C=O) groups excluding carboxylic acids is 1. The van der Waals surface area contributed by atoms with E-state index in [2.05, 4.69) is 4.74 Å². The minimum absolute atomic E-state index is 0.419. The summed E-state index contributed by atoms with van der Waals surface area (Å²) in [5, 5.41) is 1.71. The zero-order chi connectivity index (χ0) is 11.5. The molecule has 84 valence electrons. The maximum Gasteiger partial charge on any atom is 0.411 e. The number of aryl methyl sites for hydroxylation is 1. The average molecular weight is 238 g/mol. The van der Waals surface area contributed by atoms with Gasteiger partial charge in [-0.3, -0.25) is 4.79 Å². The summed E-state index contributed by atoms with van der Waals surface area (Å²) in [6.07, 6.45) is -4.38. The fraction of sp³-hybridized carbons (Fsp3) is 0.444. The van der Waals surface area contributed by atoms with Gasteiger partial charge >= 0.3 is 6.18 Å². The van der Waals surface area contributed by atoms with Gasteiger partial charge in [-0.1, -0.05) is 0 Å². The predicted octanol–water partition coefficient (Wildman–Crippen LogP) is 2.82. The van der Waals surface area contributed by atoms with Crippen molar-refractivity contribution in [3.8, 4) is 0 Å². The molecule has 0 fully saturated rings. The molecule has 1 aromatic heterocycles. The van der Waals surface area contributed by atoms with Crippen molar-refractivity contribution in [1.82, 2.24) is 0 Å². The molecule has 0 unspecified atom stereocenters. The normalized spacial score (nSPS) is 11.7. The van der Waals surface area contributed by atoms with E-state index in [0.29, 0.717) is 5.56 Å². The van der Waals surface area contributed by atoms with Crippen molar-refractivity contribution in [2.24, 2.45) is 0 Å². The van der Waals surface area contributed by atoms with Gasteiger partial charge in [0.25, 0.3) is 0 Å². The van der Waals surface area contributed by atoms with Gasteiger partial charge in [0.05, 0.1) is 0 Å². The molecule has 6 heteroatoms. The second-order valence-corrected chi connectivity index (χ2v) is 4.04. The Balaban J connectivity index is 2.41. The molecule has 0 amide bonds. The summed E-state index contributed by atoms with van der Waals surface area (Å²) in [4.78, 5) is 12.1. The smallest absolute Gasteiger partial charge is 0.364 e. The molecule has 0 saturated heterocycles. The van der Waals surface area contributed by atoms with Crippen LogP contribution in [0.2, 0.25) is 0 Å². The van der Waals surface area contributed by atoms with Gasteiger partial charge in [-0.2, -0.15) is 13.2 Å². The van der Waals surface area contributed by atoms with Crippen molar-refractivity contribution in [3.05, 3.63) is 21.9 Å². The first-order valence-corrected chi connectivity index (χ1v) is 5.00. The molecular formula is C9H9F3O2S. The standard InChI is InChI=1S/C9H9F3O2S/c1-6-7(2-3-15-6)8(13)4-14-5-9(10,11)12/h2-3H,4-5H2,1H3. The van der Waals surface area contributed by atoms with Gasteiger partial charge in [0.15, 0.2) is 5.78 Å². The molecule has 0 atom stereocenters. The summed E-state index contributed by atoms with van der Waals surface area (Å²) >= 11 is 1.37. The first-order chi connectivity index (χ1) is 6.90. The molecule has 0 aliphatic rings. The maximum atomic E-state index is 11.7. The second-order valence-electron chi connectivity index (χ2n) is 2.92. The lowest BCUT2D eigenvalue weighted by atomic mass is 10.2. The van der Waals surface area contributed by atoms with Gasteiger partial charge in [0.1, 0.15) is 13.2 Å². The fourth-order valence-corrected chi connectivity index (χ4v) is 1.73. The summed E-state index contributed by atoms with van der Waals surface area (Å²) < 4.78 is 39.3. The molecule has 15 heavy (non-hydrogen) atoms. The molecule has 2 nitrogen and oxygen atoms in total. The van der Waals surface area contributed by atoms with Crippen molar-refractivity contribution in [3.63, 3.8) is 0 Å². The highest BCUT2D eigenvalue weighted by molar-refractivity contribution is 7.10. The van der Waals surface area contributed by atoms with Gasteiger partial charge in [-0.05, 0) is 18.4 Å². The summed E-state index contributed by atoms with van der Waals surface area (Å²) in [5.41, 5.74) is 0.433. The Labute approximate surface area is 88.7 Å². The van der Waals surface area contributed by atoms with Gasteiger partial charge in [-0.25, -0.2) is 0 Å². The quantitative estimate of drug-likeness (QED) is 0.754. The lowest BCUT2D eigenvalue weighted by molar-refractivity contribution is -0.170. The van der Waals surface area contributed by atoms with E-state index < -0.39 is 25.2 Å². The Morgan fingerprint density at radius 3 is 2.67 bits per heavy atom. The summed E-state index contributed by atoms with van der Waals surface area (Å²) in [7, 11) is 0. The number of carbonyl (C=O) groups is 1. The van der Waals surface area contributed by atoms with E-state index in [1.807, 2.05) is 0 Å². The van der Waals surface area contributed by atoms with E-state index in [-0.39, 0.29) is 0 Å². The van der Waals surface area contributed by atoms with Crippen LogP contribution in [0.1, 0.15) is 15.2 Å². The van der Waals surface area contributed by atoms with Gasteiger partial charge < -0.3 is 4.74 Å². The van der Waals surface area contributed by atoms with E-state index in [1.54, 1.807) is 18.4 Å². The molecule has 0 saturated carbocycles. The monoisotopic (exact) mass is 238 g/mol. The number of alkyl halides is 3. The van der Waals surface area contributed by atoms with Crippen molar-refractivity contribution in [2.75, 3.05) is 13.2 Å². The number of Topliss-reactive ketones (excluding diaryl/α,β-unsaturated/α-hetero) is 1. The van der Waals surface area contributed by atoms with Crippen molar-refractivity contribution >= 4 is 17.1 Å². The lowest BCUT2D eigenvalue weighted by Crippen LogP contribution is -2.20. The molecule has 0 N–H and O–H groups in total. The van der Waals surface area contributed by atoms with E-state index in [9.17, 15) is 18.0 Å². The zero-order valence-electron chi connectivity index (χ0n) is 7.93. The third-order valence-electron chi connectivity index (χ3n) is 1.66. The largest absolute Gasteiger partial charge is 0.411 e.